The number of hydrogen-bond donors (Lipinski definition) is 2. The van der Waals surface area contributed by atoms with Gasteiger partial charge in [-0.05, 0) is 56.5 Å². The largest absolute Gasteiger partial charge is 0.493 e. The number of benzene rings is 2. The van der Waals surface area contributed by atoms with Crippen LogP contribution in [0.15, 0.2) is 36.4 Å². The third kappa shape index (κ3) is 4.63. The number of carbonyl (C=O) groups is 2. The highest BCUT2D eigenvalue weighted by Crippen LogP contribution is 2.28. The number of aryl methyl sites for hydroxylation is 2. The van der Waals surface area contributed by atoms with E-state index in [9.17, 15) is 9.59 Å². The van der Waals surface area contributed by atoms with E-state index in [-0.39, 0.29) is 18.4 Å². The summed E-state index contributed by atoms with van der Waals surface area (Å²) in [7, 11) is 3.12. The fourth-order valence-corrected chi connectivity index (χ4v) is 2.78. The molecule has 0 heterocycles. The Hall–Kier alpha value is -3.02. The average molecular weight is 384 g/mol. The average Bonchev–Trinajstić information content (AvgIpc) is 2.68. The van der Waals surface area contributed by atoms with E-state index in [1.807, 2.05) is 38.1 Å². The van der Waals surface area contributed by atoms with E-state index < -0.39 is 5.41 Å². The lowest BCUT2D eigenvalue weighted by Gasteiger charge is -2.24. The molecule has 0 aliphatic heterocycles. The van der Waals surface area contributed by atoms with Crippen molar-refractivity contribution in [2.75, 3.05) is 19.5 Å². The van der Waals surface area contributed by atoms with Crippen molar-refractivity contribution in [3.05, 3.63) is 53.1 Å². The highest BCUT2D eigenvalue weighted by molar-refractivity contribution is 6.10. The second-order valence-electron chi connectivity index (χ2n) is 7.22. The van der Waals surface area contributed by atoms with E-state index in [4.69, 9.17) is 9.47 Å². The van der Waals surface area contributed by atoms with E-state index in [0.717, 1.165) is 22.4 Å². The Bertz CT molecular complexity index is 855. The molecule has 0 aliphatic carbocycles. The van der Waals surface area contributed by atoms with Gasteiger partial charge in [-0.25, -0.2) is 0 Å². The highest BCUT2D eigenvalue weighted by Gasteiger charge is 2.36. The monoisotopic (exact) mass is 384 g/mol. The van der Waals surface area contributed by atoms with Crippen molar-refractivity contribution in [2.24, 2.45) is 5.41 Å². The maximum atomic E-state index is 12.8. The quantitative estimate of drug-likeness (QED) is 0.715. The molecule has 0 atom stereocenters. The molecule has 6 heteroatoms. The van der Waals surface area contributed by atoms with Gasteiger partial charge in [-0.1, -0.05) is 24.3 Å². The van der Waals surface area contributed by atoms with Crippen LogP contribution in [0, 0.1) is 19.3 Å². The minimum absolute atomic E-state index is 0.277. The number of hydrogen-bond acceptors (Lipinski definition) is 4. The summed E-state index contributed by atoms with van der Waals surface area (Å²) in [5.74, 6) is 0.493. The molecule has 0 unspecified atom stereocenters. The Balaban J connectivity index is 2.07. The summed E-state index contributed by atoms with van der Waals surface area (Å²) in [6.45, 7) is 7.35. The van der Waals surface area contributed by atoms with Crippen LogP contribution in [0.25, 0.3) is 0 Å². The van der Waals surface area contributed by atoms with Gasteiger partial charge in [-0.3, -0.25) is 9.59 Å². The fourth-order valence-electron chi connectivity index (χ4n) is 2.78. The summed E-state index contributed by atoms with van der Waals surface area (Å²) in [6.07, 6.45) is 0. The Kier molecular flexibility index (Phi) is 6.67. The van der Waals surface area contributed by atoms with Gasteiger partial charge in [0, 0.05) is 12.2 Å². The van der Waals surface area contributed by atoms with Gasteiger partial charge >= 0.3 is 0 Å². The fraction of sp³-hybridized carbons (Fsp3) is 0.364. The van der Waals surface area contributed by atoms with Crippen LogP contribution in [-0.2, 0) is 16.1 Å². The third-order valence-electron chi connectivity index (χ3n) is 4.76. The lowest BCUT2D eigenvalue weighted by molar-refractivity contribution is -0.138. The van der Waals surface area contributed by atoms with Crippen molar-refractivity contribution >= 4 is 17.5 Å². The molecule has 0 bridgehead atoms. The number of nitrogens with one attached hydrogen (secondary N) is 2. The standard InChI is InChI=1S/C22H28N2O4/c1-14-8-7-9-15(2)19(14)24-21(26)22(3,4)20(25)23-13-16-10-11-17(27-5)18(12-16)28-6/h7-12H,13H2,1-6H3,(H,23,25)(H,24,26). The number of rotatable bonds is 7. The molecule has 150 valence electrons. The Labute approximate surface area is 166 Å². The van der Waals surface area contributed by atoms with Crippen molar-refractivity contribution in [1.82, 2.24) is 5.32 Å². The van der Waals surface area contributed by atoms with Gasteiger partial charge in [-0.2, -0.15) is 0 Å². The maximum absolute atomic E-state index is 12.8. The second kappa shape index (κ2) is 8.78. The summed E-state index contributed by atoms with van der Waals surface area (Å²) in [4.78, 5) is 25.5. The van der Waals surface area contributed by atoms with Gasteiger partial charge in [0.25, 0.3) is 0 Å². The summed E-state index contributed by atoms with van der Waals surface area (Å²) in [5, 5.41) is 5.72. The number of amides is 2. The predicted octanol–water partition coefficient (Wildman–Crippen LogP) is 3.60. The number of methoxy groups -OCH3 is 2. The van der Waals surface area contributed by atoms with Gasteiger partial charge in [0.05, 0.1) is 14.2 Å². The molecule has 0 aromatic heterocycles. The van der Waals surface area contributed by atoms with E-state index in [0.29, 0.717) is 11.5 Å². The Morgan fingerprint density at radius 1 is 0.929 bits per heavy atom. The molecule has 2 aromatic carbocycles. The van der Waals surface area contributed by atoms with E-state index >= 15 is 0 Å². The van der Waals surface area contributed by atoms with Crippen molar-refractivity contribution in [1.29, 1.82) is 0 Å². The second-order valence-corrected chi connectivity index (χ2v) is 7.22. The molecule has 6 nitrogen and oxygen atoms in total. The van der Waals surface area contributed by atoms with Gasteiger partial charge in [0.15, 0.2) is 11.5 Å². The van der Waals surface area contributed by atoms with Crippen LogP contribution < -0.4 is 20.1 Å². The van der Waals surface area contributed by atoms with E-state index in [1.165, 1.54) is 0 Å². The molecule has 2 rings (SSSR count). The minimum atomic E-state index is -1.23. The third-order valence-corrected chi connectivity index (χ3v) is 4.76. The molecule has 0 saturated carbocycles. The lowest BCUT2D eigenvalue weighted by atomic mass is 9.90. The number of anilines is 1. The van der Waals surface area contributed by atoms with Crippen LogP contribution in [0.4, 0.5) is 5.69 Å². The van der Waals surface area contributed by atoms with Crippen molar-refractivity contribution in [3.63, 3.8) is 0 Å². The normalized spacial score (nSPS) is 10.9. The van der Waals surface area contributed by atoms with Crippen LogP contribution in [0.5, 0.6) is 11.5 Å². The van der Waals surface area contributed by atoms with Gasteiger partial charge < -0.3 is 20.1 Å². The zero-order valence-electron chi connectivity index (χ0n) is 17.3. The van der Waals surface area contributed by atoms with Crippen molar-refractivity contribution in [3.8, 4) is 11.5 Å². The van der Waals surface area contributed by atoms with Crippen molar-refractivity contribution in [2.45, 2.75) is 34.2 Å². The van der Waals surface area contributed by atoms with Gasteiger partial charge in [0.2, 0.25) is 11.8 Å². The summed E-state index contributed by atoms with van der Waals surface area (Å²) in [5.41, 5.74) is 2.26. The molecule has 0 fully saturated rings. The lowest BCUT2D eigenvalue weighted by Crippen LogP contribution is -2.45. The number of para-hydroxylation sites is 1. The first-order chi connectivity index (χ1) is 13.2. The van der Waals surface area contributed by atoms with Crippen molar-refractivity contribution < 1.29 is 19.1 Å². The van der Waals surface area contributed by atoms with Crippen LogP contribution in [0.2, 0.25) is 0 Å². The topological polar surface area (TPSA) is 76.7 Å². The molecule has 0 aliphatic rings. The first kappa shape index (κ1) is 21.3. The molecule has 2 N–H and O–H groups in total. The predicted molar refractivity (Wildman–Crippen MR) is 110 cm³/mol. The van der Waals surface area contributed by atoms with Gasteiger partial charge in [0.1, 0.15) is 5.41 Å². The molecule has 0 radical (unpaired) electrons. The minimum Gasteiger partial charge on any atom is -0.493 e. The molecule has 28 heavy (non-hydrogen) atoms. The number of ether oxygens (including phenoxy) is 2. The molecular formula is C22H28N2O4. The summed E-state index contributed by atoms with van der Waals surface area (Å²) < 4.78 is 10.5. The zero-order valence-corrected chi connectivity index (χ0v) is 17.3. The number of carbonyl (C=O) groups excluding carboxylic acids is 2. The summed E-state index contributed by atoms with van der Waals surface area (Å²) in [6, 6.07) is 11.2. The molecule has 0 saturated heterocycles. The van der Waals surface area contributed by atoms with Crippen LogP contribution in [0.1, 0.15) is 30.5 Å². The summed E-state index contributed by atoms with van der Waals surface area (Å²) >= 11 is 0. The molecule has 2 aromatic rings. The maximum Gasteiger partial charge on any atom is 0.239 e. The van der Waals surface area contributed by atoms with Crippen LogP contribution in [0.3, 0.4) is 0 Å². The van der Waals surface area contributed by atoms with Crippen LogP contribution in [-0.4, -0.2) is 26.0 Å². The SMILES string of the molecule is COc1ccc(CNC(=O)C(C)(C)C(=O)Nc2c(C)cccc2C)cc1OC. The van der Waals surface area contributed by atoms with E-state index in [2.05, 4.69) is 10.6 Å². The van der Waals surface area contributed by atoms with Crippen LogP contribution >= 0.6 is 0 Å². The smallest absolute Gasteiger partial charge is 0.239 e. The highest BCUT2D eigenvalue weighted by atomic mass is 16.5. The van der Waals surface area contributed by atoms with E-state index in [1.54, 1.807) is 40.2 Å². The molecule has 2 amide bonds. The first-order valence-electron chi connectivity index (χ1n) is 9.07. The first-order valence-corrected chi connectivity index (χ1v) is 9.07. The Morgan fingerprint density at radius 3 is 2.11 bits per heavy atom. The molecule has 0 spiro atoms. The Morgan fingerprint density at radius 2 is 1.54 bits per heavy atom. The zero-order chi connectivity index (χ0) is 20.9. The molecular weight excluding hydrogens is 356 g/mol. The van der Waals surface area contributed by atoms with Gasteiger partial charge in [-0.15, -0.1) is 0 Å².